The van der Waals surface area contributed by atoms with Gasteiger partial charge in [-0.05, 0) is 18.6 Å². The molecule has 1 unspecified atom stereocenters. The third-order valence-electron chi connectivity index (χ3n) is 2.53. The first-order valence-corrected chi connectivity index (χ1v) is 4.66. The van der Waals surface area contributed by atoms with Crippen LogP contribution in [0.3, 0.4) is 0 Å². The Bertz CT molecular complexity index is 319. The highest BCUT2D eigenvalue weighted by Gasteiger charge is 2.24. The van der Waals surface area contributed by atoms with Gasteiger partial charge in [-0.3, -0.25) is 4.84 Å². The van der Waals surface area contributed by atoms with Crippen LogP contribution in [0.5, 0.6) is 0 Å². The fraction of sp³-hybridized carbons (Fsp3) is 0.400. The van der Waals surface area contributed by atoms with E-state index < -0.39 is 0 Å². The van der Waals surface area contributed by atoms with Crippen molar-refractivity contribution in [1.29, 1.82) is 0 Å². The second-order valence-electron chi connectivity index (χ2n) is 3.44. The molecule has 1 fully saturated rings. The molecule has 4 heteroatoms. The van der Waals surface area contributed by atoms with E-state index in [1.165, 1.54) is 6.07 Å². The van der Waals surface area contributed by atoms with E-state index in [0.717, 1.165) is 13.0 Å². The zero-order valence-electron chi connectivity index (χ0n) is 7.82. The fourth-order valence-electron chi connectivity index (χ4n) is 1.77. The van der Waals surface area contributed by atoms with Gasteiger partial charge in [-0.15, -0.1) is 0 Å². The number of rotatable bonds is 2. The van der Waals surface area contributed by atoms with Crippen LogP contribution in [0.1, 0.15) is 6.42 Å². The van der Waals surface area contributed by atoms with Crippen molar-refractivity contribution in [3.8, 4) is 0 Å². The van der Waals surface area contributed by atoms with Gasteiger partial charge in [-0.25, -0.2) is 10.3 Å². The van der Waals surface area contributed by atoms with Crippen molar-refractivity contribution in [2.24, 2.45) is 5.90 Å². The van der Waals surface area contributed by atoms with E-state index in [2.05, 4.69) is 0 Å². The fourth-order valence-corrected chi connectivity index (χ4v) is 1.77. The smallest absolute Gasteiger partial charge is 0.146 e. The highest BCUT2D eigenvalue weighted by Crippen LogP contribution is 2.23. The van der Waals surface area contributed by atoms with Gasteiger partial charge in [0, 0.05) is 13.1 Å². The molecular weight excluding hydrogens is 183 g/mol. The van der Waals surface area contributed by atoms with Gasteiger partial charge in [-0.1, -0.05) is 12.1 Å². The summed E-state index contributed by atoms with van der Waals surface area (Å²) in [5.41, 5.74) is 0.632. The first-order chi connectivity index (χ1) is 6.81. The Morgan fingerprint density at radius 2 is 2.21 bits per heavy atom. The number of hydrogen-bond acceptors (Lipinski definition) is 3. The molecule has 1 aliphatic rings. The number of nitrogens with two attached hydrogens (primary N) is 1. The number of halogens is 1. The summed E-state index contributed by atoms with van der Waals surface area (Å²) < 4.78 is 13.4. The van der Waals surface area contributed by atoms with E-state index in [0.29, 0.717) is 12.2 Å². The molecule has 2 rings (SSSR count). The summed E-state index contributed by atoms with van der Waals surface area (Å²) in [5, 5.41) is 0. The summed E-state index contributed by atoms with van der Waals surface area (Å²) in [5.74, 6) is 4.90. The topological polar surface area (TPSA) is 38.5 Å². The molecule has 0 spiro atoms. The van der Waals surface area contributed by atoms with Crippen LogP contribution < -0.4 is 10.8 Å². The lowest BCUT2D eigenvalue weighted by Crippen LogP contribution is -2.25. The van der Waals surface area contributed by atoms with E-state index >= 15 is 0 Å². The Balaban J connectivity index is 2.13. The summed E-state index contributed by atoms with van der Waals surface area (Å²) in [4.78, 5) is 6.69. The molecule has 1 saturated heterocycles. The van der Waals surface area contributed by atoms with E-state index in [9.17, 15) is 4.39 Å². The molecule has 3 nitrogen and oxygen atoms in total. The molecule has 1 atom stereocenters. The van der Waals surface area contributed by atoms with Crippen LogP contribution in [0.15, 0.2) is 24.3 Å². The Kier molecular flexibility index (Phi) is 2.65. The number of nitrogens with zero attached hydrogens (tertiary/aromatic N) is 1. The zero-order chi connectivity index (χ0) is 9.97. The minimum atomic E-state index is -0.190. The second kappa shape index (κ2) is 3.94. The van der Waals surface area contributed by atoms with Crippen molar-refractivity contribution in [3.63, 3.8) is 0 Å². The van der Waals surface area contributed by atoms with Crippen LogP contribution in [0.25, 0.3) is 0 Å². The SMILES string of the molecule is NOC1CCN(c2ccccc2F)C1. The molecule has 76 valence electrons. The molecule has 1 aromatic carbocycles. The van der Waals surface area contributed by atoms with Gasteiger partial charge in [0.2, 0.25) is 0 Å². The van der Waals surface area contributed by atoms with Crippen LogP contribution in [0.2, 0.25) is 0 Å². The molecule has 0 aliphatic carbocycles. The Hall–Kier alpha value is -1.13. The monoisotopic (exact) mass is 196 g/mol. The summed E-state index contributed by atoms with van der Waals surface area (Å²) in [6.45, 7) is 1.46. The molecule has 1 aromatic rings. The third kappa shape index (κ3) is 1.71. The predicted octanol–water partition coefficient (Wildman–Crippen LogP) is 1.29. The lowest BCUT2D eigenvalue weighted by molar-refractivity contribution is 0.0690. The van der Waals surface area contributed by atoms with Gasteiger partial charge >= 0.3 is 0 Å². The zero-order valence-corrected chi connectivity index (χ0v) is 7.82. The second-order valence-corrected chi connectivity index (χ2v) is 3.44. The minimum absolute atomic E-state index is 0.0228. The summed E-state index contributed by atoms with van der Waals surface area (Å²) in [6, 6.07) is 6.75. The van der Waals surface area contributed by atoms with Crippen molar-refractivity contribution in [3.05, 3.63) is 30.1 Å². The number of anilines is 1. The van der Waals surface area contributed by atoms with Crippen LogP contribution in [-0.2, 0) is 4.84 Å². The molecule has 0 aromatic heterocycles. The van der Waals surface area contributed by atoms with E-state index in [-0.39, 0.29) is 11.9 Å². The quantitative estimate of drug-likeness (QED) is 0.724. The summed E-state index contributed by atoms with van der Waals surface area (Å²) in [6.07, 6.45) is 0.875. The van der Waals surface area contributed by atoms with Gasteiger partial charge in [0.15, 0.2) is 0 Å². The van der Waals surface area contributed by atoms with Crippen LogP contribution >= 0.6 is 0 Å². The molecule has 0 radical (unpaired) electrons. The molecule has 1 aliphatic heterocycles. The maximum absolute atomic E-state index is 13.4. The predicted molar refractivity (Wildman–Crippen MR) is 52.3 cm³/mol. The number of hydrogen-bond donors (Lipinski definition) is 1. The van der Waals surface area contributed by atoms with Crippen molar-refractivity contribution < 1.29 is 9.23 Å². The first kappa shape index (κ1) is 9.43. The molecule has 14 heavy (non-hydrogen) atoms. The van der Waals surface area contributed by atoms with Gasteiger partial charge in [-0.2, -0.15) is 0 Å². The first-order valence-electron chi connectivity index (χ1n) is 4.66. The average Bonchev–Trinajstić information content (AvgIpc) is 2.67. The van der Waals surface area contributed by atoms with Crippen LogP contribution in [0, 0.1) is 5.82 Å². The lowest BCUT2D eigenvalue weighted by atomic mass is 10.3. The lowest BCUT2D eigenvalue weighted by Gasteiger charge is -2.18. The Morgan fingerprint density at radius 1 is 1.43 bits per heavy atom. The van der Waals surface area contributed by atoms with E-state index in [1.54, 1.807) is 12.1 Å². The van der Waals surface area contributed by atoms with Gasteiger partial charge < -0.3 is 4.90 Å². The highest BCUT2D eigenvalue weighted by molar-refractivity contribution is 5.48. The normalized spacial score (nSPS) is 21.6. The highest BCUT2D eigenvalue weighted by atomic mass is 19.1. The van der Waals surface area contributed by atoms with E-state index in [1.807, 2.05) is 11.0 Å². The maximum atomic E-state index is 13.4. The van der Waals surface area contributed by atoms with Gasteiger partial charge in [0.1, 0.15) is 5.82 Å². The number of para-hydroxylation sites is 1. The van der Waals surface area contributed by atoms with Gasteiger partial charge in [0.25, 0.3) is 0 Å². The molecule has 0 bridgehead atoms. The van der Waals surface area contributed by atoms with Crippen molar-refractivity contribution in [2.45, 2.75) is 12.5 Å². The molecule has 0 amide bonds. The maximum Gasteiger partial charge on any atom is 0.146 e. The standard InChI is InChI=1S/C10H13FN2O/c11-9-3-1-2-4-10(9)13-6-5-8(7-13)14-12/h1-4,8H,5-7,12H2. The largest absolute Gasteiger partial charge is 0.366 e. The van der Waals surface area contributed by atoms with Gasteiger partial charge in [0.05, 0.1) is 11.8 Å². The Morgan fingerprint density at radius 3 is 2.86 bits per heavy atom. The van der Waals surface area contributed by atoms with Crippen molar-refractivity contribution >= 4 is 5.69 Å². The molecular formula is C10H13FN2O. The summed E-state index contributed by atoms with van der Waals surface area (Å²) in [7, 11) is 0. The van der Waals surface area contributed by atoms with Crippen LogP contribution in [0.4, 0.5) is 10.1 Å². The van der Waals surface area contributed by atoms with Crippen LogP contribution in [-0.4, -0.2) is 19.2 Å². The van der Waals surface area contributed by atoms with E-state index in [4.69, 9.17) is 10.7 Å². The molecule has 0 saturated carbocycles. The Labute approximate surface area is 82.2 Å². The average molecular weight is 196 g/mol. The van der Waals surface area contributed by atoms with Crippen molar-refractivity contribution in [2.75, 3.05) is 18.0 Å². The minimum Gasteiger partial charge on any atom is -0.366 e. The molecule has 2 N–H and O–H groups in total. The number of benzene rings is 1. The van der Waals surface area contributed by atoms with Crippen molar-refractivity contribution in [1.82, 2.24) is 0 Å². The molecule has 1 heterocycles. The third-order valence-corrected chi connectivity index (χ3v) is 2.53. The summed E-state index contributed by atoms with van der Waals surface area (Å²) >= 11 is 0.